The van der Waals surface area contributed by atoms with Gasteiger partial charge in [-0.05, 0) is 42.3 Å². The van der Waals surface area contributed by atoms with Crippen molar-refractivity contribution in [1.29, 1.82) is 0 Å². The number of thiocarbonyl (C=S) groups is 1. The van der Waals surface area contributed by atoms with E-state index in [0.29, 0.717) is 9.95 Å². The molecule has 0 saturated carbocycles. The Bertz CT molecular complexity index is 1740. The van der Waals surface area contributed by atoms with Crippen LogP contribution in [0.2, 0.25) is 0 Å². The maximum Gasteiger partial charge on any atom is 0.262 e. The van der Waals surface area contributed by atoms with Gasteiger partial charge in [-0.2, -0.15) is 0 Å². The van der Waals surface area contributed by atoms with Crippen LogP contribution in [0, 0.1) is 0 Å². The van der Waals surface area contributed by atoms with Gasteiger partial charge in [0.05, 0.1) is 5.41 Å². The lowest BCUT2D eigenvalue weighted by molar-refractivity contribution is -0.163. The van der Waals surface area contributed by atoms with Gasteiger partial charge in [0.25, 0.3) is 11.8 Å². The van der Waals surface area contributed by atoms with Crippen LogP contribution in [0.25, 0.3) is 10.9 Å². The predicted octanol–water partition coefficient (Wildman–Crippen LogP) is 5.81. The lowest BCUT2D eigenvalue weighted by Crippen LogP contribution is -2.72. The highest BCUT2D eigenvalue weighted by Gasteiger charge is 2.77. The highest BCUT2D eigenvalue weighted by molar-refractivity contribution is 8.48. The van der Waals surface area contributed by atoms with E-state index < -0.39 is 21.3 Å². The number of aromatic nitrogens is 1. The lowest BCUT2D eigenvalue weighted by atomic mass is 9.72. The zero-order chi connectivity index (χ0) is 26.7. The summed E-state index contributed by atoms with van der Waals surface area (Å²) in [7, 11) is 1.75. The van der Waals surface area contributed by atoms with Crippen molar-refractivity contribution < 1.29 is 9.59 Å². The Morgan fingerprint density at radius 2 is 1.62 bits per heavy atom. The number of rotatable bonds is 2. The lowest BCUT2D eigenvalue weighted by Gasteiger charge is -2.51. The maximum atomic E-state index is 14.8. The average Bonchev–Trinajstić information content (AvgIpc) is 3.55. The number of nitrogens with one attached hydrogen (secondary N) is 1. The molecule has 6 heterocycles. The molecular weight excluding hydrogens is 545 g/mol. The first-order valence-electron chi connectivity index (χ1n) is 12.9. The number of carbonyl (C=O) groups is 2. The third kappa shape index (κ3) is 2.68. The van der Waals surface area contributed by atoms with Crippen molar-refractivity contribution in [2.24, 2.45) is 0 Å². The van der Waals surface area contributed by atoms with Gasteiger partial charge in [0.15, 0.2) is 9.74 Å². The minimum absolute atomic E-state index is 0.0685. The van der Waals surface area contributed by atoms with E-state index in [0.717, 1.165) is 33.4 Å². The van der Waals surface area contributed by atoms with Gasteiger partial charge in [-0.25, -0.2) is 0 Å². The standard InChI is InChI=1S/C30H24N4O2S3/c1-28-25(35)34-24-29(21-16-31-22-14-8-6-12-19(21)22,17-30(34,26(36)32(28)2)39-27(37)38-28)20-13-7-9-15-23(20)33(24)18-10-4-3-5-11-18/h3-16,24,31H,17H2,1-2H3/t24-,28-,29?,30?/m1/s1. The van der Waals surface area contributed by atoms with Crippen LogP contribution < -0.4 is 4.90 Å². The molecule has 1 aromatic heterocycles. The number of likely N-dealkylation sites (N-methyl/N-ethyl adjacent to an activating group) is 1. The monoisotopic (exact) mass is 568 g/mol. The third-order valence-corrected chi connectivity index (χ3v) is 12.0. The Hall–Kier alpha value is -3.27. The summed E-state index contributed by atoms with van der Waals surface area (Å²) in [5, 5.41) is 1.09. The molecule has 0 aliphatic carbocycles. The minimum Gasteiger partial charge on any atom is -0.361 e. The van der Waals surface area contributed by atoms with Crippen molar-refractivity contribution in [3.8, 4) is 0 Å². The summed E-state index contributed by atoms with van der Waals surface area (Å²) in [5.74, 6) is -0.150. The third-order valence-electron chi connectivity index (χ3n) is 9.01. The van der Waals surface area contributed by atoms with Crippen molar-refractivity contribution in [3.63, 3.8) is 0 Å². The van der Waals surface area contributed by atoms with Crippen LogP contribution in [0.4, 0.5) is 11.4 Å². The molecule has 2 bridgehead atoms. The van der Waals surface area contributed by atoms with E-state index in [1.165, 1.54) is 23.5 Å². The summed E-state index contributed by atoms with van der Waals surface area (Å²) in [6.45, 7) is 1.83. The van der Waals surface area contributed by atoms with E-state index in [-0.39, 0.29) is 11.8 Å². The van der Waals surface area contributed by atoms with Crippen LogP contribution in [-0.2, 0) is 15.0 Å². The number of benzene rings is 3. The highest BCUT2D eigenvalue weighted by atomic mass is 32.2. The number of nitrogens with zero attached hydrogens (tertiary/aromatic N) is 3. The summed E-state index contributed by atoms with van der Waals surface area (Å²) in [6.07, 6.45) is 2.04. The zero-order valence-electron chi connectivity index (χ0n) is 21.3. The fraction of sp³-hybridized carbons (Fsp3) is 0.233. The molecule has 1 spiro atoms. The molecule has 2 amide bonds. The molecule has 0 radical (unpaired) electrons. The minimum atomic E-state index is -1.16. The molecule has 6 nitrogen and oxygen atoms in total. The van der Waals surface area contributed by atoms with Crippen LogP contribution in [-0.4, -0.2) is 53.1 Å². The van der Waals surface area contributed by atoms with E-state index in [2.05, 4.69) is 58.5 Å². The highest BCUT2D eigenvalue weighted by Crippen LogP contribution is 2.69. The fourth-order valence-corrected chi connectivity index (χ4v) is 11.0. The number of anilines is 2. The molecule has 2 unspecified atom stereocenters. The van der Waals surface area contributed by atoms with Crippen LogP contribution in [0.15, 0.2) is 85.1 Å². The molecule has 4 fully saturated rings. The molecule has 9 rings (SSSR count). The number of carbonyl (C=O) groups excluding carboxylic acids is 2. The Kier molecular flexibility index (Phi) is 4.65. The van der Waals surface area contributed by atoms with E-state index >= 15 is 0 Å². The number of H-pyrrole nitrogens is 1. The van der Waals surface area contributed by atoms with Gasteiger partial charge >= 0.3 is 0 Å². The van der Waals surface area contributed by atoms with E-state index in [1.807, 2.05) is 48.2 Å². The smallest absolute Gasteiger partial charge is 0.262 e. The normalized spacial score (nSPS) is 31.1. The first-order chi connectivity index (χ1) is 18.8. The van der Waals surface area contributed by atoms with Crippen LogP contribution in [0.1, 0.15) is 24.5 Å². The van der Waals surface area contributed by atoms with Gasteiger partial charge in [0.2, 0.25) is 0 Å². The number of para-hydroxylation sites is 3. The number of hydrogen-bond acceptors (Lipinski definition) is 6. The number of hydrogen-bond donors (Lipinski definition) is 1. The van der Waals surface area contributed by atoms with Crippen molar-refractivity contribution in [2.45, 2.75) is 34.7 Å². The second-order valence-corrected chi connectivity index (χ2v) is 14.6. The first kappa shape index (κ1) is 23.6. The Labute approximate surface area is 239 Å². The maximum absolute atomic E-state index is 14.8. The summed E-state index contributed by atoms with van der Waals surface area (Å²) >= 11 is 8.53. The average molecular weight is 569 g/mol. The topological polar surface area (TPSA) is 59.7 Å². The Balaban J connectivity index is 1.51. The number of amides is 2. The molecule has 39 heavy (non-hydrogen) atoms. The summed E-state index contributed by atoms with van der Waals surface area (Å²) in [6, 6.07) is 26.9. The molecule has 5 aliphatic rings. The van der Waals surface area contributed by atoms with Crippen LogP contribution in [0.5, 0.6) is 0 Å². The van der Waals surface area contributed by atoms with Gasteiger partial charge in [-0.3, -0.25) is 14.5 Å². The van der Waals surface area contributed by atoms with Gasteiger partial charge < -0.3 is 14.8 Å². The van der Waals surface area contributed by atoms with E-state index in [1.54, 1.807) is 11.9 Å². The van der Waals surface area contributed by atoms with Crippen molar-refractivity contribution in [3.05, 3.63) is 96.2 Å². The van der Waals surface area contributed by atoms with Crippen molar-refractivity contribution in [2.75, 3.05) is 11.9 Å². The molecule has 4 saturated heterocycles. The fourth-order valence-electron chi connectivity index (χ4n) is 7.26. The van der Waals surface area contributed by atoms with E-state index in [9.17, 15) is 9.59 Å². The van der Waals surface area contributed by atoms with Gasteiger partial charge in [-0.15, -0.1) is 0 Å². The predicted molar refractivity (Wildman–Crippen MR) is 161 cm³/mol. The number of aromatic amines is 1. The molecule has 5 aliphatic heterocycles. The molecular formula is C30H24N4O2S3. The molecule has 9 heteroatoms. The summed E-state index contributed by atoms with van der Waals surface area (Å²) < 4.78 is 0.625. The Morgan fingerprint density at radius 1 is 0.897 bits per heavy atom. The molecule has 4 aromatic rings. The SMILES string of the molecule is CN1C(=O)C23CC4(c5c[nH]c6ccccc56)c5ccccc5N(c5ccccc5)[C@@H]4N2C(=O)[C@@]1(C)SC(=S)S3. The number of piperazine rings is 1. The quantitative estimate of drug-likeness (QED) is 0.308. The zero-order valence-corrected chi connectivity index (χ0v) is 23.7. The van der Waals surface area contributed by atoms with Crippen LogP contribution in [0.3, 0.4) is 0 Å². The molecule has 1 N–H and O–H groups in total. The summed E-state index contributed by atoms with van der Waals surface area (Å²) in [5.41, 5.74) is 4.57. The van der Waals surface area contributed by atoms with Crippen molar-refractivity contribution >= 4 is 73.4 Å². The van der Waals surface area contributed by atoms with Gasteiger partial charge in [0.1, 0.15) is 9.69 Å². The van der Waals surface area contributed by atoms with Crippen molar-refractivity contribution in [1.82, 2.24) is 14.8 Å². The molecule has 194 valence electrons. The second-order valence-electron chi connectivity index (χ2n) is 10.8. The largest absolute Gasteiger partial charge is 0.361 e. The molecule has 3 aromatic carbocycles. The number of thioether (sulfide) groups is 2. The van der Waals surface area contributed by atoms with Gasteiger partial charge in [0, 0.05) is 41.9 Å². The first-order valence-corrected chi connectivity index (χ1v) is 14.9. The summed E-state index contributed by atoms with van der Waals surface area (Å²) in [4.78, 5) is 36.3. The van der Waals surface area contributed by atoms with Crippen LogP contribution >= 0.6 is 35.7 Å². The number of fused-ring (bicyclic) bond motifs is 7. The molecule has 4 atom stereocenters. The Morgan fingerprint density at radius 3 is 2.44 bits per heavy atom. The van der Waals surface area contributed by atoms with E-state index in [4.69, 9.17) is 12.2 Å². The van der Waals surface area contributed by atoms with Gasteiger partial charge in [-0.1, -0.05) is 90.3 Å². The second kappa shape index (κ2) is 7.68.